The van der Waals surface area contributed by atoms with Crippen LogP contribution in [0.25, 0.3) is 0 Å². The summed E-state index contributed by atoms with van der Waals surface area (Å²) in [5.41, 5.74) is -0.378. The molecule has 0 heterocycles. The molecule has 1 saturated carbocycles. The van der Waals surface area contributed by atoms with Crippen molar-refractivity contribution in [2.75, 3.05) is 13.7 Å². The second-order valence-electron chi connectivity index (χ2n) is 7.67. The number of methoxy groups -OCH3 is 1. The molecule has 1 aliphatic rings. The zero-order valence-electron chi connectivity index (χ0n) is 15.7. The average molecular weight is 349 g/mol. The van der Waals surface area contributed by atoms with Gasteiger partial charge in [0.15, 0.2) is 11.5 Å². The van der Waals surface area contributed by atoms with Crippen molar-refractivity contribution in [2.24, 2.45) is 17.8 Å². The molecule has 3 N–H and O–H groups in total. The summed E-state index contributed by atoms with van der Waals surface area (Å²) in [6.45, 7) is 6.65. The molecule has 1 amide bonds. The predicted molar refractivity (Wildman–Crippen MR) is 97.7 cm³/mol. The highest BCUT2D eigenvalue weighted by Gasteiger charge is 2.48. The summed E-state index contributed by atoms with van der Waals surface area (Å²) in [6.07, 6.45) is 3.05. The third kappa shape index (κ3) is 4.46. The van der Waals surface area contributed by atoms with E-state index in [1.165, 1.54) is 7.11 Å². The number of phenolic OH excluding ortho intramolecular Hbond substituents is 1. The maximum atomic E-state index is 12.7. The highest BCUT2D eigenvalue weighted by atomic mass is 16.5. The van der Waals surface area contributed by atoms with E-state index >= 15 is 0 Å². The molecule has 140 valence electrons. The fourth-order valence-corrected chi connectivity index (χ4v) is 4.00. The van der Waals surface area contributed by atoms with E-state index in [1.807, 2.05) is 6.07 Å². The van der Waals surface area contributed by atoms with Gasteiger partial charge in [-0.3, -0.25) is 4.79 Å². The first-order chi connectivity index (χ1) is 11.8. The van der Waals surface area contributed by atoms with Crippen molar-refractivity contribution in [3.8, 4) is 11.5 Å². The van der Waals surface area contributed by atoms with Crippen LogP contribution in [0, 0.1) is 17.8 Å². The molecule has 1 aliphatic carbocycles. The molecule has 3 unspecified atom stereocenters. The molecule has 25 heavy (non-hydrogen) atoms. The Morgan fingerprint density at radius 1 is 1.40 bits per heavy atom. The summed E-state index contributed by atoms with van der Waals surface area (Å²) in [5.74, 6) is 0.860. The van der Waals surface area contributed by atoms with Crippen LogP contribution < -0.4 is 10.1 Å². The summed E-state index contributed by atoms with van der Waals surface area (Å²) in [6, 6.07) is 5.20. The summed E-state index contributed by atoms with van der Waals surface area (Å²) >= 11 is 0. The third-order valence-electron chi connectivity index (χ3n) is 5.38. The van der Waals surface area contributed by atoms with Crippen molar-refractivity contribution in [1.29, 1.82) is 0 Å². The number of carbonyl (C=O) groups is 1. The average Bonchev–Trinajstić information content (AvgIpc) is 2.54. The van der Waals surface area contributed by atoms with Crippen LogP contribution in [-0.4, -0.2) is 35.4 Å². The fourth-order valence-electron chi connectivity index (χ4n) is 4.00. The van der Waals surface area contributed by atoms with Gasteiger partial charge in [0.25, 0.3) is 5.91 Å². The van der Waals surface area contributed by atoms with E-state index < -0.39 is 5.60 Å². The van der Waals surface area contributed by atoms with Crippen molar-refractivity contribution < 1.29 is 19.7 Å². The Balaban J connectivity index is 1.97. The molecular weight excluding hydrogens is 318 g/mol. The van der Waals surface area contributed by atoms with Gasteiger partial charge in [0, 0.05) is 6.54 Å². The summed E-state index contributed by atoms with van der Waals surface area (Å²) in [7, 11) is 1.51. The van der Waals surface area contributed by atoms with Gasteiger partial charge in [-0.2, -0.15) is 0 Å². The number of amides is 1. The minimum atomic E-state index is -1.28. The zero-order chi connectivity index (χ0) is 18.6. The second kappa shape index (κ2) is 8.09. The lowest BCUT2D eigenvalue weighted by Gasteiger charge is -2.43. The molecule has 1 fully saturated rings. The number of hydrogen-bond acceptors (Lipinski definition) is 4. The topological polar surface area (TPSA) is 78.8 Å². The number of rotatable bonds is 6. The third-order valence-corrected chi connectivity index (χ3v) is 5.38. The molecule has 3 atom stereocenters. The van der Waals surface area contributed by atoms with Crippen LogP contribution in [-0.2, 0) is 11.2 Å². The molecule has 0 aromatic heterocycles. The Labute approximate surface area is 150 Å². The Kier molecular flexibility index (Phi) is 6.33. The van der Waals surface area contributed by atoms with Gasteiger partial charge in [0.1, 0.15) is 5.60 Å². The number of aliphatic hydroxyl groups is 1. The second-order valence-corrected chi connectivity index (χ2v) is 7.67. The first-order valence-corrected chi connectivity index (χ1v) is 9.14. The van der Waals surface area contributed by atoms with Crippen LogP contribution in [0.1, 0.15) is 45.6 Å². The quantitative estimate of drug-likeness (QED) is 0.738. The number of aromatic hydroxyl groups is 1. The first-order valence-electron chi connectivity index (χ1n) is 9.14. The number of carbonyl (C=O) groups excluding carboxylic acids is 1. The van der Waals surface area contributed by atoms with Crippen molar-refractivity contribution in [2.45, 2.75) is 52.1 Å². The largest absolute Gasteiger partial charge is 0.504 e. The lowest BCUT2D eigenvalue weighted by molar-refractivity contribution is -0.155. The van der Waals surface area contributed by atoms with Gasteiger partial charge in [0.2, 0.25) is 0 Å². The first kappa shape index (κ1) is 19.6. The van der Waals surface area contributed by atoms with Crippen molar-refractivity contribution in [3.63, 3.8) is 0 Å². The van der Waals surface area contributed by atoms with Crippen molar-refractivity contribution in [3.05, 3.63) is 23.8 Å². The molecular formula is C20H31NO4. The van der Waals surface area contributed by atoms with Gasteiger partial charge in [-0.1, -0.05) is 33.3 Å². The van der Waals surface area contributed by atoms with Crippen LogP contribution in [0.5, 0.6) is 11.5 Å². The molecule has 5 nitrogen and oxygen atoms in total. The number of hydrogen-bond donors (Lipinski definition) is 3. The highest BCUT2D eigenvalue weighted by molar-refractivity contribution is 5.85. The van der Waals surface area contributed by atoms with E-state index in [0.29, 0.717) is 31.1 Å². The number of nitrogens with one attached hydrogen (secondary N) is 1. The minimum absolute atomic E-state index is 0.00580. The van der Waals surface area contributed by atoms with Gasteiger partial charge >= 0.3 is 0 Å². The minimum Gasteiger partial charge on any atom is -0.504 e. The van der Waals surface area contributed by atoms with Gasteiger partial charge in [-0.05, 0) is 54.7 Å². The van der Waals surface area contributed by atoms with Crippen LogP contribution in [0.2, 0.25) is 0 Å². The van der Waals surface area contributed by atoms with E-state index in [9.17, 15) is 15.0 Å². The van der Waals surface area contributed by atoms with Crippen LogP contribution in [0.3, 0.4) is 0 Å². The molecule has 0 spiro atoms. The SMILES string of the molecule is COc1ccc(CCNC(=O)C2(O)CC(C)CCC2C(C)C)cc1O. The maximum absolute atomic E-state index is 12.7. The molecule has 0 saturated heterocycles. The predicted octanol–water partition coefficient (Wildman–Crippen LogP) is 2.88. The van der Waals surface area contributed by atoms with Crippen LogP contribution in [0.4, 0.5) is 0 Å². The number of ether oxygens (including phenoxy) is 1. The molecule has 2 rings (SSSR count). The maximum Gasteiger partial charge on any atom is 0.252 e. The van der Waals surface area contributed by atoms with E-state index in [-0.39, 0.29) is 23.5 Å². The zero-order valence-corrected chi connectivity index (χ0v) is 15.7. The van der Waals surface area contributed by atoms with Crippen molar-refractivity contribution >= 4 is 5.91 Å². The standard InChI is InChI=1S/C20H31NO4/c1-13(2)16-7-5-14(3)12-20(16,24)19(23)21-10-9-15-6-8-18(25-4)17(22)11-15/h6,8,11,13-14,16,22,24H,5,7,9-10,12H2,1-4H3,(H,21,23). The van der Waals surface area contributed by atoms with E-state index in [1.54, 1.807) is 12.1 Å². The highest BCUT2D eigenvalue weighted by Crippen LogP contribution is 2.41. The number of phenols is 1. The van der Waals surface area contributed by atoms with Crippen molar-refractivity contribution in [1.82, 2.24) is 5.32 Å². The smallest absolute Gasteiger partial charge is 0.252 e. The molecule has 5 heteroatoms. The molecule has 0 radical (unpaired) electrons. The van der Waals surface area contributed by atoms with E-state index in [0.717, 1.165) is 18.4 Å². The summed E-state index contributed by atoms with van der Waals surface area (Å²) in [4.78, 5) is 12.7. The Morgan fingerprint density at radius 3 is 2.72 bits per heavy atom. The van der Waals surface area contributed by atoms with Gasteiger partial charge in [-0.15, -0.1) is 0 Å². The fraction of sp³-hybridized carbons (Fsp3) is 0.650. The Hall–Kier alpha value is -1.75. The normalized spacial score (nSPS) is 26.5. The molecule has 0 aliphatic heterocycles. The molecule has 1 aromatic rings. The lowest BCUT2D eigenvalue weighted by atomic mass is 9.66. The van der Waals surface area contributed by atoms with Crippen LogP contribution in [0.15, 0.2) is 18.2 Å². The Bertz CT molecular complexity index is 601. The van der Waals surface area contributed by atoms with Gasteiger partial charge < -0.3 is 20.3 Å². The molecule has 1 aromatic carbocycles. The van der Waals surface area contributed by atoms with Gasteiger partial charge in [0.05, 0.1) is 7.11 Å². The Morgan fingerprint density at radius 2 is 2.12 bits per heavy atom. The summed E-state index contributed by atoms with van der Waals surface area (Å²) in [5, 5.41) is 23.8. The van der Waals surface area contributed by atoms with E-state index in [2.05, 4.69) is 26.1 Å². The molecule has 0 bridgehead atoms. The van der Waals surface area contributed by atoms with Gasteiger partial charge in [-0.25, -0.2) is 0 Å². The van der Waals surface area contributed by atoms with E-state index in [4.69, 9.17) is 4.74 Å². The number of benzene rings is 1. The lowest BCUT2D eigenvalue weighted by Crippen LogP contribution is -2.56. The van der Waals surface area contributed by atoms with Crippen LogP contribution >= 0.6 is 0 Å². The summed E-state index contributed by atoms with van der Waals surface area (Å²) < 4.78 is 5.03. The monoisotopic (exact) mass is 349 g/mol.